The number of carbonyl (C=O) groups is 1. The molecule has 3 heteroatoms. The van der Waals surface area contributed by atoms with E-state index in [1.54, 1.807) is 18.2 Å². The minimum Gasteiger partial charge on any atom is -0.483 e. The van der Waals surface area contributed by atoms with Crippen LogP contribution in [0.4, 0.5) is 0 Å². The average Bonchev–Trinajstić information content (AvgIpc) is 2.37. The molecule has 2 rings (SSSR count). The monoisotopic (exact) mass is 272 g/mol. The number of ether oxygens (including phenoxy) is 1. The molecule has 1 aromatic rings. The maximum absolute atomic E-state index is 10.9. The van der Waals surface area contributed by atoms with E-state index in [0.29, 0.717) is 0 Å². The molecule has 0 aliphatic carbocycles. The number of hydrogen-bond acceptors (Lipinski definition) is 2. The summed E-state index contributed by atoms with van der Waals surface area (Å²) in [5.41, 5.74) is 2.08. The van der Waals surface area contributed by atoms with Gasteiger partial charge in [-0.3, -0.25) is 0 Å². The Hall–Kier alpha value is -2.03. The molecule has 0 unspecified atom stereocenters. The molecule has 1 heterocycles. The summed E-state index contributed by atoms with van der Waals surface area (Å²) in [6, 6.07) is 4.96. The van der Waals surface area contributed by atoms with Gasteiger partial charge in [0.15, 0.2) is 0 Å². The molecule has 1 aliphatic heterocycles. The summed E-state index contributed by atoms with van der Waals surface area (Å²) in [6.45, 7) is 6.22. The Morgan fingerprint density at radius 1 is 1.40 bits per heavy atom. The zero-order valence-corrected chi connectivity index (χ0v) is 12.1. The van der Waals surface area contributed by atoms with Crippen molar-refractivity contribution in [1.82, 2.24) is 0 Å². The van der Waals surface area contributed by atoms with Crippen molar-refractivity contribution >= 4 is 12.0 Å². The second-order valence-corrected chi connectivity index (χ2v) is 5.63. The number of allylic oxidation sites excluding steroid dienone is 2. The van der Waals surface area contributed by atoms with Crippen molar-refractivity contribution in [3.8, 4) is 5.75 Å². The summed E-state index contributed by atoms with van der Waals surface area (Å²) in [5, 5.41) is 8.99. The van der Waals surface area contributed by atoms with Crippen molar-refractivity contribution in [2.75, 3.05) is 0 Å². The van der Waals surface area contributed by atoms with Crippen LogP contribution in [0.3, 0.4) is 0 Å². The van der Waals surface area contributed by atoms with Gasteiger partial charge in [-0.2, -0.15) is 0 Å². The molecule has 1 N–H and O–H groups in total. The highest BCUT2D eigenvalue weighted by Gasteiger charge is 2.26. The van der Waals surface area contributed by atoms with E-state index >= 15 is 0 Å². The fourth-order valence-electron chi connectivity index (χ4n) is 2.24. The van der Waals surface area contributed by atoms with Crippen LogP contribution >= 0.6 is 0 Å². The van der Waals surface area contributed by atoms with Crippen LogP contribution in [-0.2, 0) is 0 Å². The van der Waals surface area contributed by atoms with Crippen molar-refractivity contribution in [2.24, 2.45) is 0 Å². The standard InChI is InChI=1S/C17H20O3/c1-12(2)5-4-9-17(3)10-8-13-11-14(16(18)19)6-7-15(13)20-17/h5-8,10-11H,4,9H2,1-3H3,(H,18,19)/t17-/m1/s1. The van der Waals surface area contributed by atoms with Gasteiger partial charge in [-0.05, 0) is 57.9 Å². The van der Waals surface area contributed by atoms with Gasteiger partial charge in [0, 0.05) is 5.56 Å². The Balaban J connectivity index is 2.16. The third-order valence-electron chi connectivity index (χ3n) is 3.41. The number of carboxylic acids is 1. The number of benzene rings is 1. The maximum Gasteiger partial charge on any atom is 0.335 e. The first-order valence-electron chi connectivity index (χ1n) is 6.79. The van der Waals surface area contributed by atoms with Gasteiger partial charge in [-0.25, -0.2) is 4.79 Å². The Kier molecular flexibility index (Phi) is 3.98. The highest BCUT2D eigenvalue weighted by molar-refractivity contribution is 5.89. The molecule has 0 saturated heterocycles. The summed E-state index contributed by atoms with van der Waals surface area (Å²) in [6.07, 6.45) is 8.03. The Bertz CT molecular complexity index is 580. The third-order valence-corrected chi connectivity index (χ3v) is 3.41. The molecular formula is C17H20O3. The lowest BCUT2D eigenvalue weighted by Crippen LogP contribution is -2.31. The molecule has 0 aromatic heterocycles. The predicted molar refractivity (Wildman–Crippen MR) is 80.1 cm³/mol. The van der Waals surface area contributed by atoms with E-state index in [0.717, 1.165) is 24.2 Å². The van der Waals surface area contributed by atoms with Crippen molar-refractivity contribution in [1.29, 1.82) is 0 Å². The summed E-state index contributed by atoms with van der Waals surface area (Å²) in [4.78, 5) is 10.9. The second kappa shape index (κ2) is 5.53. The number of aromatic carboxylic acids is 1. The molecule has 106 valence electrons. The molecule has 0 radical (unpaired) electrons. The molecule has 0 amide bonds. The Morgan fingerprint density at radius 2 is 2.15 bits per heavy atom. The first-order chi connectivity index (χ1) is 9.39. The number of hydrogen-bond donors (Lipinski definition) is 1. The predicted octanol–water partition coefficient (Wildman–Crippen LogP) is 4.30. The van der Waals surface area contributed by atoms with Crippen molar-refractivity contribution in [3.63, 3.8) is 0 Å². The summed E-state index contributed by atoms with van der Waals surface area (Å²) in [7, 11) is 0. The highest BCUT2D eigenvalue weighted by Crippen LogP contribution is 2.34. The van der Waals surface area contributed by atoms with Gasteiger partial charge in [0.25, 0.3) is 0 Å². The first kappa shape index (κ1) is 14.4. The molecule has 3 nitrogen and oxygen atoms in total. The van der Waals surface area contributed by atoms with E-state index in [9.17, 15) is 4.79 Å². The van der Waals surface area contributed by atoms with Crippen LogP contribution in [0.5, 0.6) is 5.75 Å². The van der Waals surface area contributed by atoms with E-state index in [4.69, 9.17) is 9.84 Å². The number of rotatable bonds is 4. The van der Waals surface area contributed by atoms with E-state index < -0.39 is 5.97 Å². The second-order valence-electron chi connectivity index (χ2n) is 5.63. The number of carboxylic acid groups (broad SMARTS) is 1. The molecule has 1 atom stereocenters. The van der Waals surface area contributed by atoms with Crippen LogP contribution in [0.15, 0.2) is 35.9 Å². The minimum atomic E-state index is -0.918. The summed E-state index contributed by atoms with van der Waals surface area (Å²) in [5.74, 6) is -0.171. The topological polar surface area (TPSA) is 46.5 Å². The first-order valence-corrected chi connectivity index (χ1v) is 6.79. The normalized spacial score (nSPS) is 19.9. The lowest BCUT2D eigenvalue weighted by molar-refractivity contribution is 0.0696. The van der Waals surface area contributed by atoms with Gasteiger partial charge in [0.2, 0.25) is 0 Å². The van der Waals surface area contributed by atoms with Gasteiger partial charge in [-0.15, -0.1) is 0 Å². The lowest BCUT2D eigenvalue weighted by Gasteiger charge is -2.31. The van der Waals surface area contributed by atoms with Crippen LogP contribution in [0.1, 0.15) is 49.5 Å². The highest BCUT2D eigenvalue weighted by atomic mass is 16.5. The van der Waals surface area contributed by atoms with Gasteiger partial charge in [0.05, 0.1) is 5.56 Å². The van der Waals surface area contributed by atoms with Crippen LogP contribution in [0.25, 0.3) is 6.08 Å². The average molecular weight is 272 g/mol. The zero-order chi connectivity index (χ0) is 14.8. The molecule has 0 fully saturated rings. The van der Waals surface area contributed by atoms with Crippen molar-refractivity contribution < 1.29 is 14.6 Å². The van der Waals surface area contributed by atoms with Crippen LogP contribution in [0.2, 0.25) is 0 Å². The molecule has 1 aliphatic rings. The summed E-state index contributed by atoms with van der Waals surface area (Å²) >= 11 is 0. The maximum atomic E-state index is 10.9. The quantitative estimate of drug-likeness (QED) is 0.831. The molecule has 0 spiro atoms. The summed E-state index contributed by atoms with van der Waals surface area (Å²) < 4.78 is 6.03. The van der Waals surface area contributed by atoms with E-state index in [2.05, 4.69) is 26.8 Å². The van der Waals surface area contributed by atoms with Crippen LogP contribution in [0, 0.1) is 0 Å². The smallest absolute Gasteiger partial charge is 0.335 e. The molecular weight excluding hydrogens is 252 g/mol. The van der Waals surface area contributed by atoms with E-state index in [-0.39, 0.29) is 11.2 Å². The Labute approximate surface area is 119 Å². The molecule has 20 heavy (non-hydrogen) atoms. The SMILES string of the molecule is CC(C)=CCC[C@]1(C)C=Cc2cc(C(=O)O)ccc2O1. The fraction of sp³-hybridized carbons (Fsp3) is 0.353. The molecule has 1 aromatic carbocycles. The van der Waals surface area contributed by atoms with Crippen molar-refractivity contribution in [2.45, 2.75) is 39.2 Å². The van der Waals surface area contributed by atoms with E-state index in [1.807, 2.05) is 12.2 Å². The minimum absolute atomic E-state index is 0.283. The number of fused-ring (bicyclic) bond motifs is 1. The Morgan fingerprint density at radius 3 is 2.80 bits per heavy atom. The van der Waals surface area contributed by atoms with Crippen LogP contribution in [-0.4, -0.2) is 16.7 Å². The van der Waals surface area contributed by atoms with Gasteiger partial charge in [-0.1, -0.05) is 17.7 Å². The fourth-order valence-corrected chi connectivity index (χ4v) is 2.24. The lowest BCUT2D eigenvalue weighted by atomic mass is 9.94. The van der Waals surface area contributed by atoms with Gasteiger partial charge >= 0.3 is 5.97 Å². The zero-order valence-electron chi connectivity index (χ0n) is 12.1. The van der Waals surface area contributed by atoms with E-state index in [1.165, 1.54) is 5.57 Å². The largest absolute Gasteiger partial charge is 0.483 e. The molecule has 0 bridgehead atoms. The van der Waals surface area contributed by atoms with Gasteiger partial charge < -0.3 is 9.84 Å². The van der Waals surface area contributed by atoms with Crippen molar-refractivity contribution in [3.05, 3.63) is 47.1 Å². The van der Waals surface area contributed by atoms with Crippen LogP contribution < -0.4 is 4.74 Å². The molecule has 0 saturated carbocycles. The van der Waals surface area contributed by atoms with Gasteiger partial charge in [0.1, 0.15) is 11.4 Å². The third kappa shape index (κ3) is 3.29.